The standard InChI is InChI=1S/C17H14F2N4OS/c1-10(16(24)20-14-9-5-4-8-13(14)19)25-17-21-15(22-23-17)11-6-2-3-7-12(11)18/h2-10H,1H3,(H,20,24)(H,21,22,23)/t10-/m0/s1. The highest BCUT2D eigenvalue weighted by atomic mass is 32.2. The highest BCUT2D eigenvalue weighted by molar-refractivity contribution is 8.00. The molecular weight excluding hydrogens is 346 g/mol. The van der Waals surface area contributed by atoms with Crippen molar-refractivity contribution in [2.75, 3.05) is 5.32 Å². The molecule has 1 aromatic heterocycles. The topological polar surface area (TPSA) is 70.7 Å². The number of nitrogens with one attached hydrogen (secondary N) is 2. The van der Waals surface area contributed by atoms with Gasteiger partial charge in [-0.15, -0.1) is 5.10 Å². The van der Waals surface area contributed by atoms with Crippen molar-refractivity contribution < 1.29 is 13.6 Å². The van der Waals surface area contributed by atoms with Gasteiger partial charge >= 0.3 is 0 Å². The van der Waals surface area contributed by atoms with Crippen LogP contribution in [0.5, 0.6) is 0 Å². The molecule has 0 saturated heterocycles. The van der Waals surface area contributed by atoms with Crippen LogP contribution in [0, 0.1) is 11.6 Å². The molecule has 1 amide bonds. The van der Waals surface area contributed by atoms with Gasteiger partial charge in [0.15, 0.2) is 5.82 Å². The first-order chi connectivity index (χ1) is 12.0. The Morgan fingerprint density at radius 2 is 1.80 bits per heavy atom. The molecule has 1 atom stereocenters. The first-order valence-electron chi connectivity index (χ1n) is 7.44. The van der Waals surface area contributed by atoms with Crippen LogP contribution in [0.4, 0.5) is 14.5 Å². The molecule has 0 fully saturated rings. The summed E-state index contributed by atoms with van der Waals surface area (Å²) in [4.78, 5) is 16.4. The predicted molar refractivity (Wildman–Crippen MR) is 92.1 cm³/mol. The van der Waals surface area contributed by atoms with E-state index in [0.29, 0.717) is 10.7 Å². The molecule has 0 aliphatic carbocycles. The van der Waals surface area contributed by atoms with E-state index in [2.05, 4.69) is 20.5 Å². The third-order valence-corrected chi connectivity index (χ3v) is 4.34. The largest absolute Gasteiger partial charge is 0.323 e. The minimum Gasteiger partial charge on any atom is -0.323 e. The van der Waals surface area contributed by atoms with Crippen LogP contribution < -0.4 is 5.32 Å². The highest BCUT2D eigenvalue weighted by Crippen LogP contribution is 2.25. The Bertz CT molecular complexity index is 900. The van der Waals surface area contributed by atoms with Crippen LogP contribution in [0.3, 0.4) is 0 Å². The molecule has 5 nitrogen and oxygen atoms in total. The number of nitrogens with zero attached hydrogens (tertiary/aromatic N) is 2. The van der Waals surface area contributed by atoms with Crippen molar-refractivity contribution in [1.29, 1.82) is 0 Å². The second-order valence-corrected chi connectivity index (χ2v) is 6.48. The second kappa shape index (κ2) is 7.43. The average molecular weight is 360 g/mol. The number of hydrogen-bond donors (Lipinski definition) is 2. The lowest BCUT2D eigenvalue weighted by molar-refractivity contribution is -0.115. The van der Waals surface area contributed by atoms with Crippen LogP contribution in [-0.4, -0.2) is 26.3 Å². The summed E-state index contributed by atoms with van der Waals surface area (Å²) in [6, 6.07) is 12.1. The van der Waals surface area contributed by atoms with Crippen LogP contribution in [0.2, 0.25) is 0 Å². The van der Waals surface area contributed by atoms with E-state index in [9.17, 15) is 13.6 Å². The Morgan fingerprint density at radius 3 is 2.52 bits per heavy atom. The lowest BCUT2D eigenvalue weighted by atomic mass is 10.2. The normalized spacial score (nSPS) is 12.0. The van der Waals surface area contributed by atoms with Crippen LogP contribution in [0.15, 0.2) is 53.7 Å². The zero-order chi connectivity index (χ0) is 17.8. The number of aromatic amines is 1. The Balaban J connectivity index is 1.67. The van der Waals surface area contributed by atoms with Crippen molar-refractivity contribution in [2.45, 2.75) is 17.3 Å². The number of benzene rings is 2. The van der Waals surface area contributed by atoms with E-state index in [1.54, 1.807) is 37.3 Å². The lowest BCUT2D eigenvalue weighted by Gasteiger charge is -2.10. The van der Waals surface area contributed by atoms with E-state index < -0.39 is 16.9 Å². The van der Waals surface area contributed by atoms with Gasteiger partial charge in [0.1, 0.15) is 11.6 Å². The average Bonchev–Trinajstić information content (AvgIpc) is 3.05. The minimum absolute atomic E-state index is 0.113. The summed E-state index contributed by atoms with van der Waals surface area (Å²) in [6.45, 7) is 1.65. The number of halogens is 2. The van der Waals surface area contributed by atoms with Crippen molar-refractivity contribution in [3.05, 3.63) is 60.2 Å². The van der Waals surface area contributed by atoms with E-state index in [1.165, 1.54) is 18.2 Å². The van der Waals surface area contributed by atoms with Crippen molar-refractivity contribution >= 4 is 23.4 Å². The summed E-state index contributed by atoms with van der Waals surface area (Å²) >= 11 is 1.09. The molecule has 3 aromatic rings. The maximum Gasteiger partial charge on any atom is 0.237 e. The molecule has 128 valence electrons. The fourth-order valence-electron chi connectivity index (χ4n) is 2.08. The van der Waals surface area contributed by atoms with Crippen LogP contribution in [0.1, 0.15) is 6.92 Å². The maximum atomic E-state index is 13.8. The van der Waals surface area contributed by atoms with Crippen molar-refractivity contribution in [3.8, 4) is 11.4 Å². The van der Waals surface area contributed by atoms with Crippen molar-refractivity contribution in [1.82, 2.24) is 15.2 Å². The molecular formula is C17H14F2N4OS. The summed E-state index contributed by atoms with van der Waals surface area (Å²) in [7, 11) is 0. The van der Waals surface area contributed by atoms with Gasteiger partial charge in [-0.05, 0) is 31.2 Å². The van der Waals surface area contributed by atoms with Gasteiger partial charge in [0, 0.05) is 0 Å². The minimum atomic E-state index is -0.566. The van der Waals surface area contributed by atoms with Gasteiger partial charge in [0.25, 0.3) is 0 Å². The van der Waals surface area contributed by atoms with Crippen molar-refractivity contribution in [3.63, 3.8) is 0 Å². The third-order valence-electron chi connectivity index (χ3n) is 3.38. The molecule has 0 unspecified atom stereocenters. The van der Waals surface area contributed by atoms with E-state index >= 15 is 0 Å². The van der Waals surface area contributed by atoms with Gasteiger partial charge in [0.2, 0.25) is 11.1 Å². The van der Waals surface area contributed by atoms with E-state index in [-0.39, 0.29) is 17.4 Å². The van der Waals surface area contributed by atoms with Gasteiger partial charge in [-0.2, -0.15) is 0 Å². The summed E-state index contributed by atoms with van der Waals surface area (Å²) < 4.78 is 27.3. The number of amides is 1. The number of rotatable bonds is 5. The van der Waals surface area contributed by atoms with Gasteiger partial charge in [0.05, 0.1) is 16.5 Å². The predicted octanol–water partition coefficient (Wildman–Crippen LogP) is 3.87. The lowest BCUT2D eigenvalue weighted by Crippen LogP contribution is -2.23. The first kappa shape index (κ1) is 17.1. The number of H-pyrrole nitrogens is 1. The summed E-state index contributed by atoms with van der Waals surface area (Å²) in [5.41, 5.74) is 0.410. The molecule has 3 rings (SSSR count). The van der Waals surface area contributed by atoms with E-state index in [0.717, 1.165) is 11.8 Å². The first-order valence-corrected chi connectivity index (χ1v) is 8.32. The Morgan fingerprint density at radius 1 is 1.12 bits per heavy atom. The van der Waals surface area contributed by atoms with Gasteiger partial charge in [-0.3, -0.25) is 9.89 Å². The SMILES string of the molecule is C[C@H](Sc1n[nH]c(-c2ccccc2F)n1)C(=O)Nc1ccccc1F. The Labute approximate surface area is 146 Å². The molecule has 0 radical (unpaired) electrons. The molecule has 0 aliphatic heterocycles. The third kappa shape index (κ3) is 4.03. The molecule has 2 N–H and O–H groups in total. The second-order valence-electron chi connectivity index (χ2n) is 5.18. The highest BCUT2D eigenvalue weighted by Gasteiger charge is 2.19. The molecule has 0 spiro atoms. The zero-order valence-corrected chi connectivity index (χ0v) is 14.0. The molecule has 0 aliphatic rings. The fourth-order valence-corrected chi connectivity index (χ4v) is 2.81. The molecule has 0 saturated carbocycles. The summed E-state index contributed by atoms with van der Waals surface area (Å²) in [5.74, 6) is -1.03. The number of carbonyl (C=O) groups is 1. The Kier molecular flexibility index (Phi) is 5.08. The smallest absolute Gasteiger partial charge is 0.237 e. The fraction of sp³-hybridized carbons (Fsp3) is 0.118. The van der Waals surface area contributed by atoms with Gasteiger partial charge in [-0.25, -0.2) is 13.8 Å². The molecule has 8 heteroatoms. The molecule has 1 heterocycles. The van der Waals surface area contributed by atoms with Gasteiger partial charge < -0.3 is 5.32 Å². The van der Waals surface area contributed by atoms with Gasteiger partial charge in [-0.1, -0.05) is 36.0 Å². The zero-order valence-electron chi connectivity index (χ0n) is 13.2. The molecule has 2 aromatic carbocycles. The van der Waals surface area contributed by atoms with Crippen molar-refractivity contribution in [2.24, 2.45) is 0 Å². The number of para-hydroxylation sites is 1. The van der Waals surface area contributed by atoms with E-state index in [4.69, 9.17) is 0 Å². The van der Waals surface area contributed by atoms with Crippen LogP contribution in [0.25, 0.3) is 11.4 Å². The van der Waals surface area contributed by atoms with Crippen LogP contribution in [-0.2, 0) is 4.79 Å². The molecule has 25 heavy (non-hydrogen) atoms. The monoisotopic (exact) mass is 360 g/mol. The molecule has 0 bridgehead atoms. The van der Waals surface area contributed by atoms with Crippen LogP contribution >= 0.6 is 11.8 Å². The number of aromatic nitrogens is 3. The maximum absolute atomic E-state index is 13.8. The Hall–Kier alpha value is -2.74. The number of anilines is 1. The summed E-state index contributed by atoms with van der Waals surface area (Å²) in [5, 5.41) is 8.89. The number of hydrogen-bond acceptors (Lipinski definition) is 4. The summed E-state index contributed by atoms with van der Waals surface area (Å²) in [6.07, 6.45) is 0. The number of thioether (sulfide) groups is 1. The quantitative estimate of drug-likeness (QED) is 0.678. The number of carbonyl (C=O) groups excluding carboxylic acids is 1. The van der Waals surface area contributed by atoms with E-state index in [1.807, 2.05) is 0 Å².